The van der Waals surface area contributed by atoms with E-state index < -0.39 is 0 Å². The van der Waals surface area contributed by atoms with Crippen molar-refractivity contribution in [3.8, 4) is 23.0 Å². The lowest BCUT2D eigenvalue weighted by atomic mass is 10.1. The summed E-state index contributed by atoms with van der Waals surface area (Å²) in [5.74, 6) is 2.27. The lowest BCUT2D eigenvalue weighted by molar-refractivity contribution is 0.0784. The Bertz CT molecular complexity index is 854. The van der Waals surface area contributed by atoms with Gasteiger partial charge in [-0.1, -0.05) is 17.7 Å². The molecular formula is C19H18ClNO5. The molecule has 0 fully saturated rings. The molecule has 136 valence electrons. The van der Waals surface area contributed by atoms with Crippen LogP contribution in [0.5, 0.6) is 23.0 Å². The highest BCUT2D eigenvalue weighted by Gasteiger charge is 2.21. The Kier molecular flexibility index (Phi) is 4.51. The van der Waals surface area contributed by atoms with Gasteiger partial charge in [-0.25, -0.2) is 0 Å². The lowest BCUT2D eigenvalue weighted by Gasteiger charge is -2.19. The molecule has 0 radical (unpaired) electrons. The van der Waals surface area contributed by atoms with Crippen LogP contribution in [0.2, 0.25) is 5.02 Å². The number of ether oxygens (including phenoxy) is 4. The zero-order valence-electron chi connectivity index (χ0n) is 14.3. The van der Waals surface area contributed by atoms with Gasteiger partial charge in [0.25, 0.3) is 5.91 Å². The Morgan fingerprint density at radius 1 is 1.04 bits per heavy atom. The van der Waals surface area contributed by atoms with Crippen LogP contribution in [0.25, 0.3) is 0 Å². The zero-order chi connectivity index (χ0) is 18.1. The van der Waals surface area contributed by atoms with Crippen molar-refractivity contribution >= 4 is 17.5 Å². The van der Waals surface area contributed by atoms with Crippen LogP contribution in [-0.2, 0) is 6.54 Å². The Morgan fingerprint density at radius 3 is 2.73 bits per heavy atom. The summed E-state index contributed by atoms with van der Waals surface area (Å²) in [5.41, 5.74) is 1.41. The molecule has 4 rings (SSSR count). The summed E-state index contributed by atoms with van der Waals surface area (Å²) < 4.78 is 22.0. The molecule has 0 saturated heterocycles. The van der Waals surface area contributed by atoms with E-state index in [0.29, 0.717) is 47.6 Å². The molecule has 0 saturated carbocycles. The van der Waals surface area contributed by atoms with E-state index >= 15 is 0 Å². The maximum atomic E-state index is 12.8. The van der Waals surface area contributed by atoms with Gasteiger partial charge < -0.3 is 23.8 Å². The predicted molar refractivity (Wildman–Crippen MR) is 95.4 cm³/mol. The van der Waals surface area contributed by atoms with Crippen molar-refractivity contribution in [3.05, 3.63) is 46.5 Å². The molecule has 6 nitrogen and oxygen atoms in total. The van der Waals surface area contributed by atoms with Crippen LogP contribution in [0.1, 0.15) is 22.3 Å². The van der Waals surface area contributed by atoms with Crippen molar-refractivity contribution in [2.75, 3.05) is 27.1 Å². The number of carbonyl (C=O) groups is 1. The summed E-state index contributed by atoms with van der Waals surface area (Å²) in [6.45, 7) is 1.74. The Hall–Kier alpha value is -2.60. The number of halogens is 1. The van der Waals surface area contributed by atoms with Crippen LogP contribution in [0.15, 0.2) is 30.3 Å². The first-order chi connectivity index (χ1) is 12.6. The molecular weight excluding hydrogens is 358 g/mol. The number of carbonyl (C=O) groups excluding carboxylic acids is 1. The molecule has 0 N–H and O–H groups in total. The molecule has 0 atom stereocenters. The topological polar surface area (TPSA) is 57.2 Å². The van der Waals surface area contributed by atoms with Crippen LogP contribution in [0.4, 0.5) is 0 Å². The van der Waals surface area contributed by atoms with Gasteiger partial charge in [0.05, 0.1) is 18.2 Å². The first-order valence-corrected chi connectivity index (χ1v) is 8.73. The normalized spacial score (nSPS) is 14.7. The quantitative estimate of drug-likeness (QED) is 0.821. The monoisotopic (exact) mass is 375 g/mol. The lowest BCUT2D eigenvalue weighted by Crippen LogP contribution is -2.26. The minimum absolute atomic E-state index is 0.153. The second-order valence-corrected chi connectivity index (χ2v) is 6.59. The molecule has 1 amide bonds. The van der Waals surface area contributed by atoms with Gasteiger partial charge in [-0.05, 0) is 29.8 Å². The summed E-state index contributed by atoms with van der Waals surface area (Å²) in [7, 11) is 1.74. The second-order valence-electron chi connectivity index (χ2n) is 6.18. The Balaban J connectivity index is 1.53. The van der Waals surface area contributed by atoms with Crippen LogP contribution < -0.4 is 18.9 Å². The predicted octanol–water partition coefficient (Wildman–Crippen LogP) is 3.50. The SMILES string of the molecule is CN(Cc1ccc2c(c1)OCO2)C(=O)c1cc(Cl)c2c(c1)OCCCO2. The highest BCUT2D eigenvalue weighted by molar-refractivity contribution is 6.32. The van der Waals surface area contributed by atoms with Gasteiger partial charge in [0.1, 0.15) is 0 Å². The number of nitrogens with zero attached hydrogens (tertiary/aromatic N) is 1. The van der Waals surface area contributed by atoms with E-state index in [1.807, 2.05) is 18.2 Å². The molecule has 7 heteroatoms. The molecule has 0 bridgehead atoms. The third-order valence-electron chi connectivity index (χ3n) is 4.25. The van der Waals surface area contributed by atoms with Gasteiger partial charge in [0.15, 0.2) is 23.0 Å². The molecule has 0 aromatic heterocycles. The van der Waals surface area contributed by atoms with Gasteiger partial charge in [0, 0.05) is 25.6 Å². The number of fused-ring (bicyclic) bond motifs is 2. The van der Waals surface area contributed by atoms with Crippen LogP contribution in [0.3, 0.4) is 0 Å². The van der Waals surface area contributed by atoms with Gasteiger partial charge in [0.2, 0.25) is 6.79 Å². The minimum Gasteiger partial charge on any atom is -0.489 e. The van der Waals surface area contributed by atoms with Crippen molar-refractivity contribution in [2.24, 2.45) is 0 Å². The fraction of sp³-hybridized carbons (Fsp3) is 0.316. The van der Waals surface area contributed by atoms with Gasteiger partial charge >= 0.3 is 0 Å². The third kappa shape index (κ3) is 3.24. The van der Waals surface area contributed by atoms with Crippen molar-refractivity contribution in [3.63, 3.8) is 0 Å². The Morgan fingerprint density at radius 2 is 1.85 bits per heavy atom. The van der Waals surface area contributed by atoms with Crippen molar-refractivity contribution in [1.29, 1.82) is 0 Å². The summed E-state index contributed by atoms with van der Waals surface area (Å²) in [5, 5.41) is 0.379. The smallest absolute Gasteiger partial charge is 0.254 e. The van der Waals surface area contributed by atoms with E-state index in [-0.39, 0.29) is 12.7 Å². The first-order valence-electron chi connectivity index (χ1n) is 8.35. The van der Waals surface area contributed by atoms with Crippen LogP contribution in [-0.4, -0.2) is 37.9 Å². The largest absolute Gasteiger partial charge is 0.489 e. The van der Waals surface area contributed by atoms with Gasteiger partial charge in [-0.15, -0.1) is 0 Å². The highest BCUT2D eigenvalue weighted by Crippen LogP contribution is 2.38. The molecule has 26 heavy (non-hydrogen) atoms. The van der Waals surface area contributed by atoms with E-state index in [1.165, 1.54) is 0 Å². The summed E-state index contributed by atoms with van der Waals surface area (Å²) in [6.07, 6.45) is 0.776. The summed E-state index contributed by atoms with van der Waals surface area (Å²) >= 11 is 6.29. The van der Waals surface area contributed by atoms with Crippen molar-refractivity contribution in [2.45, 2.75) is 13.0 Å². The highest BCUT2D eigenvalue weighted by atomic mass is 35.5. The minimum atomic E-state index is -0.153. The number of hydrogen-bond donors (Lipinski definition) is 0. The van der Waals surface area contributed by atoms with E-state index in [4.69, 9.17) is 30.5 Å². The van der Waals surface area contributed by atoms with Crippen LogP contribution in [0, 0.1) is 0 Å². The maximum absolute atomic E-state index is 12.8. The summed E-state index contributed by atoms with van der Waals surface area (Å²) in [4.78, 5) is 14.4. The van der Waals surface area contributed by atoms with E-state index in [1.54, 1.807) is 24.1 Å². The van der Waals surface area contributed by atoms with E-state index in [0.717, 1.165) is 17.7 Å². The van der Waals surface area contributed by atoms with E-state index in [2.05, 4.69) is 0 Å². The third-order valence-corrected chi connectivity index (χ3v) is 4.53. The molecule has 2 aromatic carbocycles. The molecule has 0 unspecified atom stereocenters. The molecule has 2 aliphatic heterocycles. The van der Waals surface area contributed by atoms with Gasteiger partial charge in [-0.3, -0.25) is 4.79 Å². The number of benzene rings is 2. The number of amides is 1. The zero-order valence-corrected chi connectivity index (χ0v) is 15.0. The first kappa shape index (κ1) is 16.8. The fourth-order valence-electron chi connectivity index (χ4n) is 2.96. The molecule has 2 heterocycles. The molecule has 2 aromatic rings. The molecule has 2 aliphatic rings. The van der Waals surface area contributed by atoms with E-state index in [9.17, 15) is 4.79 Å². The fourth-order valence-corrected chi connectivity index (χ4v) is 3.22. The average molecular weight is 376 g/mol. The number of hydrogen-bond acceptors (Lipinski definition) is 5. The van der Waals surface area contributed by atoms with Crippen LogP contribution >= 0.6 is 11.6 Å². The summed E-state index contributed by atoms with van der Waals surface area (Å²) in [6, 6.07) is 8.95. The Labute approximate surface area is 156 Å². The second kappa shape index (κ2) is 6.96. The van der Waals surface area contributed by atoms with Gasteiger partial charge in [-0.2, -0.15) is 0 Å². The molecule has 0 aliphatic carbocycles. The maximum Gasteiger partial charge on any atom is 0.254 e. The standard InChI is InChI=1S/C19H18ClNO5/c1-21(10-12-3-4-15-16(7-12)26-11-25-15)19(22)13-8-14(20)18-17(9-13)23-5-2-6-24-18/h3-4,7-9H,2,5-6,10-11H2,1H3. The van der Waals surface area contributed by atoms with Crippen molar-refractivity contribution in [1.82, 2.24) is 4.90 Å². The average Bonchev–Trinajstić information content (AvgIpc) is 2.96. The number of rotatable bonds is 3. The molecule has 0 spiro atoms. The van der Waals surface area contributed by atoms with Crippen molar-refractivity contribution < 1.29 is 23.7 Å².